The van der Waals surface area contributed by atoms with Crippen molar-refractivity contribution < 1.29 is 14.9 Å². The Labute approximate surface area is 130 Å². The number of fused-ring (bicyclic) bond motifs is 1. The number of aliphatic hydroxyl groups is 2. The lowest BCUT2D eigenvalue weighted by atomic mass is 9.97. The highest BCUT2D eigenvalue weighted by Gasteiger charge is 2.57. The molecule has 1 aliphatic rings. The Morgan fingerprint density at radius 2 is 2.32 bits per heavy atom. The van der Waals surface area contributed by atoms with E-state index in [9.17, 15) is 10.2 Å². The van der Waals surface area contributed by atoms with Crippen molar-refractivity contribution in [2.24, 2.45) is 0 Å². The van der Waals surface area contributed by atoms with Crippen molar-refractivity contribution in [2.75, 3.05) is 5.73 Å². The van der Waals surface area contributed by atoms with Gasteiger partial charge in [0.1, 0.15) is 17.7 Å². The van der Waals surface area contributed by atoms with Crippen molar-refractivity contribution in [3.8, 4) is 12.3 Å². The fourth-order valence-electron chi connectivity index (χ4n) is 2.52. The largest absolute Gasteiger partial charge is 0.391 e. The second-order valence-electron chi connectivity index (χ2n) is 5.14. The van der Waals surface area contributed by atoms with E-state index in [1.54, 1.807) is 0 Å². The van der Waals surface area contributed by atoms with Gasteiger partial charge < -0.3 is 20.7 Å². The average Bonchev–Trinajstić information content (AvgIpc) is 2.99. The summed E-state index contributed by atoms with van der Waals surface area (Å²) >= 11 is 6.40. The number of nitrogens with two attached hydrogens (primary N) is 1. The second kappa shape index (κ2) is 5.07. The lowest BCUT2D eigenvalue weighted by molar-refractivity contribution is -0.0752. The van der Waals surface area contributed by atoms with E-state index in [2.05, 4.69) is 20.9 Å². The van der Waals surface area contributed by atoms with Crippen LogP contribution in [0.3, 0.4) is 0 Å². The van der Waals surface area contributed by atoms with Crippen LogP contribution in [0, 0.1) is 12.3 Å². The maximum atomic E-state index is 10.3. The average molecular weight is 324 g/mol. The van der Waals surface area contributed by atoms with Gasteiger partial charge in [0.05, 0.1) is 18.6 Å². The molecular formula is C13H14ClN5O3. The Balaban J connectivity index is 2.13. The molecule has 0 radical (unpaired) electrons. The second-order valence-corrected chi connectivity index (χ2v) is 5.77. The molecular weight excluding hydrogens is 310 g/mol. The standard InChI is InChI=1S/C13H14ClN5O3/c1-3-13(14)9(21)8(6(2)20)22-11(13)19-5-17-7-4-16-12(15)18-10(7)19/h1,4-6,8-9,11,20-21H,2H3,(H2,15,16,18)/t6-,8-,9+,11-,13?/m1/s1. The number of aromatic nitrogens is 4. The first-order valence-corrected chi connectivity index (χ1v) is 6.89. The minimum absolute atomic E-state index is 0.0563. The number of halogens is 1. The zero-order valence-corrected chi connectivity index (χ0v) is 12.3. The molecule has 0 aliphatic carbocycles. The summed E-state index contributed by atoms with van der Waals surface area (Å²) in [5.41, 5.74) is 6.43. The molecule has 0 amide bonds. The number of nitrogens with zero attached hydrogens (tertiary/aromatic N) is 4. The van der Waals surface area contributed by atoms with Crippen LogP contribution in [-0.2, 0) is 4.74 Å². The number of rotatable bonds is 2. The molecule has 1 fully saturated rings. The molecule has 0 spiro atoms. The first-order chi connectivity index (χ1) is 10.4. The quantitative estimate of drug-likeness (QED) is 0.511. The number of ether oxygens (including phenoxy) is 1. The minimum Gasteiger partial charge on any atom is -0.391 e. The van der Waals surface area contributed by atoms with Crippen LogP contribution in [-0.4, -0.2) is 52.9 Å². The molecule has 5 atom stereocenters. The topological polar surface area (TPSA) is 119 Å². The maximum absolute atomic E-state index is 10.3. The van der Waals surface area contributed by atoms with Gasteiger partial charge in [0.15, 0.2) is 16.7 Å². The molecule has 0 saturated carbocycles. The van der Waals surface area contributed by atoms with Gasteiger partial charge in [-0.05, 0) is 6.92 Å². The number of imidazole rings is 1. The summed E-state index contributed by atoms with van der Waals surface area (Å²) < 4.78 is 7.16. The van der Waals surface area contributed by atoms with Gasteiger partial charge in [-0.15, -0.1) is 6.42 Å². The summed E-state index contributed by atoms with van der Waals surface area (Å²) in [4.78, 5) is 10.5. The van der Waals surface area contributed by atoms with Gasteiger partial charge in [0.2, 0.25) is 5.95 Å². The van der Waals surface area contributed by atoms with E-state index in [0.717, 1.165) is 0 Å². The van der Waals surface area contributed by atoms with E-state index < -0.39 is 29.4 Å². The smallest absolute Gasteiger partial charge is 0.222 e. The van der Waals surface area contributed by atoms with E-state index in [1.165, 1.54) is 24.0 Å². The number of terminal acetylenes is 1. The van der Waals surface area contributed by atoms with Gasteiger partial charge in [-0.3, -0.25) is 4.57 Å². The van der Waals surface area contributed by atoms with Gasteiger partial charge in [-0.2, -0.15) is 4.98 Å². The van der Waals surface area contributed by atoms with Crippen molar-refractivity contribution in [3.63, 3.8) is 0 Å². The molecule has 8 nitrogen and oxygen atoms in total. The first kappa shape index (κ1) is 15.0. The summed E-state index contributed by atoms with van der Waals surface area (Å²) in [6, 6.07) is 0. The molecule has 22 heavy (non-hydrogen) atoms. The van der Waals surface area contributed by atoms with Crippen LogP contribution in [0.25, 0.3) is 11.2 Å². The highest BCUT2D eigenvalue weighted by Crippen LogP contribution is 2.44. The van der Waals surface area contributed by atoms with Gasteiger partial charge in [-0.1, -0.05) is 17.5 Å². The van der Waals surface area contributed by atoms with E-state index in [-0.39, 0.29) is 5.95 Å². The summed E-state index contributed by atoms with van der Waals surface area (Å²) in [6.07, 6.45) is 4.26. The SMILES string of the molecule is C#CC1(Cl)[C@@H](O)[C@@H]([C@@H](C)O)O[C@H]1n1cnc2cnc(N)nc21. The number of aliphatic hydroxyl groups excluding tert-OH is 2. The summed E-state index contributed by atoms with van der Waals surface area (Å²) in [5, 5.41) is 20.1. The fourth-order valence-corrected chi connectivity index (χ4v) is 2.80. The Hall–Kier alpha value is -1.92. The van der Waals surface area contributed by atoms with Crippen molar-refractivity contribution >= 4 is 28.7 Å². The molecule has 1 aliphatic heterocycles. The lowest BCUT2D eigenvalue weighted by Crippen LogP contribution is -2.43. The molecule has 9 heteroatoms. The maximum Gasteiger partial charge on any atom is 0.222 e. The number of anilines is 1. The summed E-state index contributed by atoms with van der Waals surface area (Å²) in [6.45, 7) is 1.48. The van der Waals surface area contributed by atoms with Crippen LogP contribution in [0.1, 0.15) is 13.2 Å². The predicted molar refractivity (Wildman–Crippen MR) is 78.8 cm³/mol. The Bertz CT molecular complexity index is 758. The first-order valence-electron chi connectivity index (χ1n) is 6.52. The third kappa shape index (κ3) is 2.02. The monoisotopic (exact) mass is 323 g/mol. The Morgan fingerprint density at radius 3 is 2.95 bits per heavy atom. The Kier molecular flexibility index (Phi) is 3.45. The number of hydrogen-bond acceptors (Lipinski definition) is 7. The molecule has 3 rings (SSSR count). The predicted octanol–water partition coefficient (Wildman–Crippen LogP) is -0.342. The Morgan fingerprint density at radius 1 is 1.59 bits per heavy atom. The van der Waals surface area contributed by atoms with Crippen LogP contribution in [0.4, 0.5) is 5.95 Å². The summed E-state index contributed by atoms with van der Waals surface area (Å²) in [7, 11) is 0. The zero-order chi connectivity index (χ0) is 16.1. The normalized spacial score (nSPS) is 33.0. The van der Waals surface area contributed by atoms with Gasteiger partial charge in [0.25, 0.3) is 0 Å². The minimum atomic E-state index is -1.57. The highest BCUT2D eigenvalue weighted by molar-refractivity contribution is 6.27. The zero-order valence-electron chi connectivity index (χ0n) is 11.6. The number of hydrogen-bond donors (Lipinski definition) is 3. The highest BCUT2D eigenvalue weighted by atomic mass is 35.5. The van der Waals surface area contributed by atoms with Gasteiger partial charge in [-0.25, -0.2) is 9.97 Å². The lowest BCUT2D eigenvalue weighted by Gasteiger charge is -2.25. The van der Waals surface area contributed by atoms with Gasteiger partial charge >= 0.3 is 0 Å². The summed E-state index contributed by atoms with van der Waals surface area (Å²) in [5.74, 6) is 2.40. The van der Waals surface area contributed by atoms with Crippen LogP contribution in [0.2, 0.25) is 0 Å². The third-order valence-electron chi connectivity index (χ3n) is 3.67. The van der Waals surface area contributed by atoms with Crippen molar-refractivity contribution in [3.05, 3.63) is 12.5 Å². The molecule has 116 valence electrons. The molecule has 1 saturated heterocycles. The molecule has 0 bridgehead atoms. The van der Waals surface area contributed by atoms with Gasteiger partial charge in [0, 0.05) is 0 Å². The van der Waals surface area contributed by atoms with E-state index in [1.807, 2.05) is 0 Å². The van der Waals surface area contributed by atoms with Crippen LogP contribution < -0.4 is 5.73 Å². The van der Waals surface area contributed by atoms with Crippen molar-refractivity contribution in [1.82, 2.24) is 19.5 Å². The molecule has 4 N–H and O–H groups in total. The fraction of sp³-hybridized carbons (Fsp3) is 0.462. The van der Waals surface area contributed by atoms with Crippen LogP contribution in [0.15, 0.2) is 12.5 Å². The number of alkyl halides is 1. The molecule has 2 aromatic rings. The van der Waals surface area contributed by atoms with Crippen LogP contribution in [0.5, 0.6) is 0 Å². The van der Waals surface area contributed by atoms with Crippen LogP contribution >= 0.6 is 11.6 Å². The van der Waals surface area contributed by atoms with E-state index in [4.69, 9.17) is 28.5 Å². The van der Waals surface area contributed by atoms with Crippen molar-refractivity contribution in [1.29, 1.82) is 0 Å². The van der Waals surface area contributed by atoms with Crippen molar-refractivity contribution in [2.45, 2.75) is 36.3 Å². The number of nitrogen functional groups attached to an aromatic ring is 1. The molecule has 1 unspecified atom stereocenters. The molecule has 2 aromatic heterocycles. The molecule has 3 heterocycles. The third-order valence-corrected chi connectivity index (χ3v) is 4.19. The van der Waals surface area contributed by atoms with E-state index >= 15 is 0 Å². The molecule has 0 aromatic carbocycles. The van der Waals surface area contributed by atoms with E-state index in [0.29, 0.717) is 11.2 Å².